The summed E-state index contributed by atoms with van der Waals surface area (Å²) in [6, 6.07) is 19.0. The summed E-state index contributed by atoms with van der Waals surface area (Å²) >= 11 is 2.22. The fraction of sp³-hybridized carbons (Fsp3) is 0.300. The molecule has 0 saturated carbocycles. The van der Waals surface area contributed by atoms with Gasteiger partial charge in [-0.25, -0.2) is 4.79 Å². The molecular weight excluding hydrogens is 428 g/mol. The van der Waals surface area contributed by atoms with Crippen LogP contribution in [0, 0.1) is 6.04 Å². The molecule has 1 atom stereocenters. The zero-order chi connectivity index (χ0) is 18.6. The summed E-state index contributed by atoms with van der Waals surface area (Å²) in [6.07, 6.45) is -0.326. The molecule has 0 bridgehead atoms. The number of fused-ring (bicyclic) bond motifs is 1. The summed E-state index contributed by atoms with van der Waals surface area (Å²) in [6.45, 7) is 7.79. The molecule has 3 rings (SSSR count). The van der Waals surface area contributed by atoms with Crippen LogP contribution >= 0.6 is 9.53 Å². The van der Waals surface area contributed by atoms with Gasteiger partial charge in [-0.3, -0.25) is 0 Å². The zero-order valence-electron chi connectivity index (χ0n) is 14.7. The van der Waals surface area contributed by atoms with Crippen LogP contribution in [0.3, 0.4) is 0 Å². The Kier molecular flexibility index (Phi) is 6.57. The molecule has 1 heterocycles. The van der Waals surface area contributed by atoms with Crippen LogP contribution < -0.4 is 4.90 Å². The molecule has 25 heavy (non-hydrogen) atoms. The van der Waals surface area contributed by atoms with Crippen molar-refractivity contribution in [3.8, 4) is 0 Å². The van der Waals surface area contributed by atoms with Crippen LogP contribution in [-0.2, 0) is 22.9 Å². The number of rotatable bonds is 1. The Morgan fingerprint density at radius 1 is 1.08 bits per heavy atom. The van der Waals surface area contributed by atoms with Crippen molar-refractivity contribution < 1.29 is 27.7 Å². The van der Waals surface area contributed by atoms with E-state index in [0.29, 0.717) is 0 Å². The van der Waals surface area contributed by atoms with Crippen LogP contribution in [0.1, 0.15) is 44.7 Å². The minimum atomic E-state index is -0.528. The topological polar surface area (TPSA) is 29.5 Å². The van der Waals surface area contributed by atoms with Crippen molar-refractivity contribution in [2.75, 3.05) is 4.90 Å². The van der Waals surface area contributed by atoms with Gasteiger partial charge in [0, 0.05) is 5.69 Å². The van der Waals surface area contributed by atoms with Crippen molar-refractivity contribution in [1.29, 1.82) is 0 Å². The third-order valence-electron chi connectivity index (χ3n) is 3.94. The second-order valence-electron chi connectivity index (χ2n) is 6.85. The number of halogens is 1. The second kappa shape index (κ2) is 8.27. The first-order valence-corrected chi connectivity index (χ1v) is 10.0. The number of nitrogens with zero attached hydrogens (tertiary/aromatic N) is 1. The van der Waals surface area contributed by atoms with E-state index in [4.69, 9.17) is 4.74 Å². The van der Waals surface area contributed by atoms with Crippen molar-refractivity contribution in [3.63, 3.8) is 0 Å². The molecular formula is C20H22ClNO2Pd. The van der Waals surface area contributed by atoms with Gasteiger partial charge in [-0.1, -0.05) is 37.2 Å². The average Bonchev–Trinajstić information content (AvgIpc) is 2.89. The number of hydrogen-bond acceptors (Lipinski definition) is 2. The fourth-order valence-electron chi connectivity index (χ4n) is 3.02. The molecule has 0 spiro atoms. The minimum absolute atomic E-state index is 0.140. The van der Waals surface area contributed by atoms with E-state index < -0.39 is 5.60 Å². The molecule has 136 valence electrons. The predicted octanol–water partition coefficient (Wildman–Crippen LogP) is 5.81. The molecule has 3 nitrogen and oxygen atoms in total. The van der Waals surface area contributed by atoms with Crippen LogP contribution in [0.25, 0.3) is 0 Å². The first-order chi connectivity index (χ1) is 11.9. The van der Waals surface area contributed by atoms with Crippen molar-refractivity contribution in [1.82, 2.24) is 0 Å². The average molecular weight is 450 g/mol. The fourth-order valence-corrected chi connectivity index (χ4v) is 3.02. The standard InChI is InChI=1S/C20H22NO2.ClH.Pd/c1-14-16-12-8-9-13-17(16)21(19(22)23-20(2,3)4)18(14)15-10-6-5-7-11-15;;/h5-14H,1-4H3;1H;/q-1;;+2/p-1/t14-;;/m0../s1. The molecule has 0 N–H and O–H groups in total. The van der Waals surface area contributed by atoms with E-state index in [-0.39, 0.29) is 12.0 Å². The normalized spacial score (nSPS) is 16.0. The number of para-hydroxylation sites is 1. The molecule has 2 aromatic carbocycles. The summed E-state index contributed by atoms with van der Waals surface area (Å²) in [5.41, 5.74) is 2.58. The van der Waals surface area contributed by atoms with Crippen LogP contribution in [0.5, 0.6) is 0 Å². The van der Waals surface area contributed by atoms with E-state index >= 15 is 0 Å². The van der Waals surface area contributed by atoms with E-state index in [1.54, 1.807) is 4.90 Å². The van der Waals surface area contributed by atoms with Gasteiger partial charge in [0.2, 0.25) is 0 Å². The number of carbonyl (C=O) groups is 1. The number of ether oxygens (including phenoxy) is 1. The van der Waals surface area contributed by atoms with Gasteiger partial charge in [0.25, 0.3) is 0 Å². The number of amides is 1. The Morgan fingerprint density at radius 2 is 1.64 bits per heavy atom. The third kappa shape index (κ3) is 4.39. The molecule has 1 aliphatic heterocycles. The summed E-state index contributed by atoms with van der Waals surface area (Å²) in [5, 5.41) is 0. The Balaban J connectivity index is 0.00000109. The van der Waals surface area contributed by atoms with Gasteiger partial charge in [0.05, 0.1) is 0 Å². The first kappa shape index (κ1) is 19.9. The quantitative estimate of drug-likeness (QED) is 0.405. The van der Waals surface area contributed by atoms with Gasteiger partial charge < -0.3 is 9.64 Å². The maximum atomic E-state index is 12.8. The van der Waals surface area contributed by atoms with E-state index in [2.05, 4.69) is 40.7 Å². The molecule has 0 radical (unpaired) electrons. The van der Waals surface area contributed by atoms with E-state index in [1.807, 2.05) is 69.3 Å². The van der Waals surface area contributed by atoms with Gasteiger partial charge in [-0.05, 0) is 38.3 Å². The van der Waals surface area contributed by atoms with Crippen LogP contribution in [0.4, 0.5) is 10.5 Å². The van der Waals surface area contributed by atoms with Crippen molar-refractivity contribution in [2.45, 2.75) is 39.2 Å². The van der Waals surface area contributed by atoms with Gasteiger partial charge in [0.15, 0.2) is 0 Å². The summed E-state index contributed by atoms with van der Waals surface area (Å²) in [7, 11) is 4.49. The van der Waals surface area contributed by atoms with Crippen molar-refractivity contribution in [2.24, 2.45) is 0 Å². The predicted molar refractivity (Wildman–Crippen MR) is 98.2 cm³/mol. The Hall–Kier alpha value is -1.47. The third-order valence-corrected chi connectivity index (χ3v) is 3.94. The zero-order valence-corrected chi connectivity index (χ0v) is 17.0. The molecule has 0 saturated heterocycles. The Morgan fingerprint density at radius 3 is 2.24 bits per heavy atom. The number of benzene rings is 2. The number of anilines is 1. The van der Waals surface area contributed by atoms with Crippen LogP contribution in [-0.4, -0.2) is 11.7 Å². The summed E-state index contributed by atoms with van der Waals surface area (Å²) < 4.78 is 5.64. The van der Waals surface area contributed by atoms with Gasteiger partial charge in [0.1, 0.15) is 5.60 Å². The summed E-state index contributed by atoms with van der Waals surface area (Å²) in [5.74, 6) is 0.140. The number of carbonyl (C=O) groups excluding carboxylic acids is 1. The maximum absolute atomic E-state index is 12.8. The van der Waals surface area contributed by atoms with Crippen molar-refractivity contribution >= 4 is 21.3 Å². The monoisotopic (exact) mass is 449 g/mol. The number of hydrogen-bond donors (Lipinski definition) is 0. The summed E-state index contributed by atoms with van der Waals surface area (Å²) in [4.78, 5) is 14.6. The molecule has 0 aliphatic carbocycles. The molecule has 2 aromatic rings. The second-order valence-corrected chi connectivity index (χ2v) is 6.85. The molecule has 0 fully saturated rings. The van der Waals surface area contributed by atoms with Gasteiger partial charge in [-0.15, -0.1) is 12.1 Å². The Bertz CT molecular complexity index is 715. The molecule has 1 amide bonds. The van der Waals surface area contributed by atoms with Gasteiger partial charge >= 0.3 is 33.8 Å². The molecule has 0 aromatic heterocycles. The molecule has 0 unspecified atom stereocenters. The Labute approximate surface area is 164 Å². The van der Waals surface area contributed by atoms with Crippen LogP contribution in [0.15, 0.2) is 54.6 Å². The van der Waals surface area contributed by atoms with E-state index in [0.717, 1.165) is 22.9 Å². The molecule has 5 heteroatoms. The van der Waals surface area contributed by atoms with Gasteiger partial charge in [-0.2, -0.15) is 17.7 Å². The molecule has 1 aliphatic rings. The van der Waals surface area contributed by atoms with E-state index in [9.17, 15) is 4.79 Å². The van der Waals surface area contributed by atoms with E-state index in [1.165, 1.54) is 0 Å². The first-order valence-electron chi connectivity index (χ1n) is 8.05. The SMILES string of the molecule is C[C@H]1c2ccccc2N(C(=O)OC(C)(C)C)[C-]1c1ccccc1.[Cl][Pd+]. The van der Waals surface area contributed by atoms with Crippen LogP contribution in [0.2, 0.25) is 0 Å². The van der Waals surface area contributed by atoms with Crippen molar-refractivity contribution in [3.05, 3.63) is 71.8 Å².